The van der Waals surface area contributed by atoms with Crippen LogP contribution in [-0.2, 0) is 10.0 Å². The highest BCUT2D eigenvalue weighted by molar-refractivity contribution is 7.89. The van der Waals surface area contributed by atoms with Crippen LogP contribution in [0.4, 0.5) is 5.69 Å². The van der Waals surface area contributed by atoms with E-state index in [1.54, 1.807) is 43.3 Å². The predicted octanol–water partition coefficient (Wildman–Crippen LogP) is 3.03. The van der Waals surface area contributed by atoms with Crippen molar-refractivity contribution in [2.24, 2.45) is 0 Å². The van der Waals surface area contributed by atoms with Crippen molar-refractivity contribution in [2.75, 3.05) is 25.2 Å². The van der Waals surface area contributed by atoms with Gasteiger partial charge < -0.3 is 19.9 Å². The molecule has 2 aromatic carbocycles. The Balaban J connectivity index is 1.43. The molecule has 0 aliphatic carbocycles. The Labute approximate surface area is 170 Å². The third-order valence-electron chi connectivity index (χ3n) is 4.95. The van der Waals surface area contributed by atoms with E-state index in [2.05, 4.69) is 5.32 Å². The Hall–Kier alpha value is -2.55. The van der Waals surface area contributed by atoms with Crippen molar-refractivity contribution in [3.63, 3.8) is 0 Å². The molecular weight excluding hydrogens is 392 g/mol. The second-order valence-electron chi connectivity index (χ2n) is 7.35. The Morgan fingerprint density at radius 3 is 2.48 bits per heavy atom. The second kappa shape index (κ2) is 7.70. The van der Waals surface area contributed by atoms with E-state index in [4.69, 9.17) is 9.47 Å². The molecule has 0 spiro atoms. The van der Waals surface area contributed by atoms with E-state index in [9.17, 15) is 13.5 Å². The van der Waals surface area contributed by atoms with E-state index in [1.807, 2.05) is 18.2 Å². The molecule has 0 radical (unpaired) electrons. The van der Waals surface area contributed by atoms with E-state index < -0.39 is 15.7 Å². The van der Waals surface area contributed by atoms with Gasteiger partial charge in [0.05, 0.1) is 4.90 Å². The number of aliphatic hydroxyl groups is 1. The molecule has 2 aromatic rings. The summed E-state index contributed by atoms with van der Waals surface area (Å²) in [6.45, 7) is 2.97. The Morgan fingerprint density at radius 1 is 1.07 bits per heavy atom. The molecule has 29 heavy (non-hydrogen) atoms. The molecule has 2 heterocycles. The van der Waals surface area contributed by atoms with Crippen LogP contribution >= 0.6 is 0 Å². The fourth-order valence-electron chi connectivity index (χ4n) is 3.40. The van der Waals surface area contributed by atoms with Crippen LogP contribution in [0.15, 0.2) is 53.4 Å². The number of nitrogens with one attached hydrogen (secondary N) is 1. The van der Waals surface area contributed by atoms with Crippen LogP contribution in [0.5, 0.6) is 11.5 Å². The van der Waals surface area contributed by atoms with Gasteiger partial charge in [-0.2, -0.15) is 4.31 Å². The summed E-state index contributed by atoms with van der Waals surface area (Å²) in [5, 5.41) is 13.6. The molecule has 2 aliphatic heterocycles. The lowest BCUT2D eigenvalue weighted by Gasteiger charge is -2.23. The minimum atomic E-state index is -3.44. The summed E-state index contributed by atoms with van der Waals surface area (Å²) in [5.74, 6) is 1.38. The van der Waals surface area contributed by atoms with Crippen LogP contribution < -0.4 is 14.8 Å². The van der Waals surface area contributed by atoms with Crippen LogP contribution in [-0.4, -0.2) is 43.4 Å². The Kier molecular flexibility index (Phi) is 5.24. The third-order valence-corrected chi connectivity index (χ3v) is 6.86. The van der Waals surface area contributed by atoms with Gasteiger partial charge in [-0.1, -0.05) is 12.1 Å². The van der Waals surface area contributed by atoms with Crippen molar-refractivity contribution >= 4 is 21.8 Å². The first kappa shape index (κ1) is 19.8. The minimum Gasteiger partial charge on any atom is -0.454 e. The fraction of sp³-hybridized carbons (Fsp3) is 0.333. The summed E-state index contributed by atoms with van der Waals surface area (Å²) in [6, 6.07) is 12.0. The summed E-state index contributed by atoms with van der Waals surface area (Å²) in [4.78, 5) is 0.264. The number of benzene rings is 2. The average molecular weight is 416 g/mol. The summed E-state index contributed by atoms with van der Waals surface area (Å²) in [6.07, 6.45) is 5.20. The van der Waals surface area contributed by atoms with E-state index in [0.29, 0.717) is 30.3 Å². The van der Waals surface area contributed by atoms with Gasteiger partial charge in [-0.3, -0.25) is 0 Å². The Morgan fingerprint density at radius 2 is 1.76 bits per heavy atom. The highest BCUT2D eigenvalue weighted by Crippen LogP contribution is 2.33. The van der Waals surface area contributed by atoms with Gasteiger partial charge in [0.15, 0.2) is 17.2 Å². The van der Waals surface area contributed by atoms with E-state index >= 15 is 0 Å². The van der Waals surface area contributed by atoms with E-state index in [0.717, 1.165) is 18.4 Å². The summed E-state index contributed by atoms with van der Waals surface area (Å²) in [7, 11) is -3.44. The lowest BCUT2D eigenvalue weighted by molar-refractivity contribution is 0.143. The van der Waals surface area contributed by atoms with Crippen LogP contribution in [0.25, 0.3) is 6.08 Å². The van der Waals surface area contributed by atoms with Crippen molar-refractivity contribution in [3.8, 4) is 11.5 Å². The Bertz CT molecular complexity index is 1010. The van der Waals surface area contributed by atoms with Crippen molar-refractivity contribution in [1.29, 1.82) is 0 Å². The zero-order valence-electron chi connectivity index (χ0n) is 16.2. The number of rotatable bonds is 6. The normalized spacial score (nSPS) is 18.8. The van der Waals surface area contributed by atoms with E-state index in [-0.39, 0.29) is 11.7 Å². The van der Waals surface area contributed by atoms with Crippen molar-refractivity contribution in [2.45, 2.75) is 30.4 Å². The van der Waals surface area contributed by atoms with Gasteiger partial charge in [-0.25, -0.2) is 8.42 Å². The summed E-state index contributed by atoms with van der Waals surface area (Å²) in [5.41, 5.74) is 0.153. The second-order valence-corrected chi connectivity index (χ2v) is 9.29. The highest BCUT2D eigenvalue weighted by Gasteiger charge is 2.27. The number of hydrogen-bond donors (Lipinski definition) is 2. The maximum Gasteiger partial charge on any atom is 0.243 e. The number of anilines is 1. The molecule has 0 saturated carbocycles. The first-order chi connectivity index (χ1) is 13.8. The van der Waals surface area contributed by atoms with Gasteiger partial charge in [0.25, 0.3) is 0 Å². The molecule has 4 rings (SSSR count). The molecule has 1 saturated heterocycles. The first-order valence-electron chi connectivity index (χ1n) is 9.53. The van der Waals surface area contributed by atoms with Crippen molar-refractivity contribution in [1.82, 2.24) is 4.31 Å². The smallest absolute Gasteiger partial charge is 0.243 e. The maximum absolute atomic E-state index is 12.6. The van der Waals surface area contributed by atoms with Gasteiger partial charge in [0.2, 0.25) is 16.8 Å². The molecule has 7 nitrogen and oxygen atoms in total. The first-order valence-corrected chi connectivity index (χ1v) is 11.0. The van der Waals surface area contributed by atoms with Gasteiger partial charge in [0, 0.05) is 18.8 Å². The molecule has 1 unspecified atom stereocenters. The maximum atomic E-state index is 12.6. The standard InChI is InChI=1S/C21H24N2O5S/c1-21(24,11-10-16-4-9-19-20(14-16)28-15-27-19)22-17-5-7-18(8-6-17)29(25,26)23-12-2-3-13-23/h4-11,14,22,24H,2-3,12-13,15H2,1H3/b11-10+. The van der Waals surface area contributed by atoms with Crippen LogP contribution in [0.3, 0.4) is 0 Å². The van der Waals surface area contributed by atoms with Crippen molar-refractivity contribution in [3.05, 3.63) is 54.1 Å². The molecule has 1 atom stereocenters. The lowest BCUT2D eigenvalue weighted by atomic mass is 10.1. The van der Waals surface area contributed by atoms with Crippen LogP contribution in [0, 0.1) is 0 Å². The van der Waals surface area contributed by atoms with Gasteiger partial charge in [-0.15, -0.1) is 0 Å². The molecule has 0 bridgehead atoms. The SMILES string of the molecule is CC(O)(/C=C/c1ccc2c(c1)OCO2)Nc1ccc(S(=O)(=O)N2CCCC2)cc1. The monoisotopic (exact) mass is 416 g/mol. The largest absolute Gasteiger partial charge is 0.454 e. The number of ether oxygens (including phenoxy) is 2. The zero-order valence-corrected chi connectivity index (χ0v) is 17.0. The molecule has 2 aliphatic rings. The molecule has 0 amide bonds. The molecule has 1 fully saturated rings. The van der Waals surface area contributed by atoms with Gasteiger partial charge >= 0.3 is 0 Å². The van der Waals surface area contributed by atoms with Crippen molar-refractivity contribution < 1.29 is 23.0 Å². The zero-order chi connectivity index (χ0) is 20.5. The lowest BCUT2D eigenvalue weighted by Crippen LogP contribution is -2.31. The summed E-state index contributed by atoms with van der Waals surface area (Å²) >= 11 is 0. The number of nitrogens with zero attached hydrogens (tertiary/aromatic N) is 1. The van der Waals surface area contributed by atoms with Crippen LogP contribution in [0.2, 0.25) is 0 Å². The van der Waals surface area contributed by atoms with Gasteiger partial charge in [-0.05, 0) is 67.8 Å². The number of hydrogen-bond acceptors (Lipinski definition) is 6. The molecule has 2 N–H and O–H groups in total. The molecule has 154 valence electrons. The van der Waals surface area contributed by atoms with E-state index in [1.165, 1.54) is 4.31 Å². The highest BCUT2D eigenvalue weighted by atomic mass is 32.2. The summed E-state index contributed by atoms with van der Waals surface area (Å²) < 4.78 is 37.4. The molecule has 0 aromatic heterocycles. The average Bonchev–Trinajstić information content (AvgIpc) is 3.38. The fourth-order valence-corrected chi connectivity index (χ4v) is 4.91. The van der Waals surface area contributed by atoms with Crippen LogP contribution in [0.1, 0.15) is 25.3 Å². The quantitative estimate of drug-likeness (QED) is 0.704. The topological polar surface area (TPSA) is 88.1 Å². The number of fused-ring (bicyclic) bond motifs is 1. The number of sulfonamides is 1. The van der Waals surface area contributed by atoms with Gasteiger partial charge in [0.1, 0.15) is 0 Å². The minimum absolute atomic E-state index is 0.214. The molecular formula is C21H24N2O5S. The third kappa shape index (κ3) is 4.39. The molecule has 8 heteroatoms. The predicted molar refractivity (Wildman–Crippen MR) is 110 cm³/mol.